The molecule has 0 radical (unpaired) electrons. The van der Waals surface area contributed by atoms with Crippen LogP contribution in [-0.4, -0.2) is 74.3 Å². The molecule has 4 heterocycles. The Morgan fingerprint density at radius 1 is 1.08 bits per heavy atom. The molecule has 1 aromatic carbocycles. The molecule has 0 atom stereocenters. The number of ether oxygens (including phenoxy) is 2. The van der Waals surface area contributed by atoms with Crippen LogP contribution >= 0.6 is 23.2 Å². The fraction of sp³-hybridized carbons (Fsp3) is 0.407. The Bertz CT molecular complexity index is 1450. The Hall–Kier alpha value is -2.98. The molecule has 1 aliphatic carbocycles. The van der Waals surface area contributed by atoms with Crippen LogP contribution in [0.15, 0.2) is 43.0 Å². The smallest absolute Gasteiger partial charge is 0.245 e. The summed E-state index contributed by atoms with van der Waals surface area (Å²) in [5, 5.41) is 4.47. The number of halogens is 2. The first-order valence-corrected chi connectivity index (χ1v) is 13.6. The van der Waals surface area contributed by atoms with Gasteiger partial charge in [0, 0.05) is 50.7 Å². The van der Waals surface area contributed by atoms with E-state index in [4.69, 9.17) is 37.7 Å². The van der Waals surface area contributed by atoms with Crippen LogP contribution in [0, 0.1) is 0 Å². The molecule has 38 heavy (non-hydrogen) atoms. The molecule has 0 spiro atoms. The molecular weight excluding hydrogens is 525 g/mol. The zero-order chi connectivity index (χ0) is 26.1. The van der Waals surface area contributed by atoms with Gasteiger partial charge in [0.15, 0.2) is 11.2 Å². The zero-order valence-corrected chi connectivity index (χ0v) is 22.7. The van der Waals surface area contributed by atoms with Crippen LogP contribution in [0.3, 0.4) is 0 Å². The third-order valence-corrected chi connectivity index (χ3v) is 7.48. The Labute approximate surface area is 231 Å². The van der Waals surface area contributed by atoms with E-state index in [0.29, 0.717) is 46.1 Å². The maximum atomic E-state index is 6.82. The summed E-state index contributed by atoms with van der Waals surface area (Å²) in [4.78, 5) is 20.6. The number of nitrogens with zero attached hydrogens (tertiary/aromatic N) is 6. The molecule has 1 aliphatic heterocycles. The standard InChI is InChI=1S/C27H29Cl2N7O2/c1-27(4-5-27)38-26-23-25(32-17-33-26)36(16-18-12-19(28)15-31-14-18)24(34-23)21-3-2-20(13-22(21)29)37-11-10-35-8-6-30-7-9-35/h2-3,12-15,17,30H,4-11,16H2,1H3. The first-order valence-electron chi connectivity index (χ1n) is 12.8. The van der Waals surface area contributed by atoms with E-state index in [1.165, 1.54) is 6.33 Å². The highest BCUT2D eigenvalue weighted by atomic mass is 35.5. The normalized spacial score (nSPS) is 17.0. The third-order valence-electron chi connectivity index (χ3n) is 6.97. The topological polar surface area (TPSA) is 90.2 Å². The van der Waals surface area contributed by atoms with Crippen molar-refractivity contribution < 1.29 is 9.47 Å². The second-order valence-corrected chi connectivity index (χ2v) is 10.9. The van der Waals surface area contributed by atoms with Gasteiger partial charge in [-0.1, -0.05) is 23.2 Å². The summed E-state index contributed by atoms with van der Waals surface area (Å²) in [6.07, 6.45) is 6.88. The number of fused-ring (bicyclic) bond motifs is 1. The molecule has 9 nitrogen and oxygen atoms in total. The van der Waals surface area contributed by atoms with Crippen LogP contribution in [0.1, 0.15) is 25.3 Å². The molecule has 11 heteroatoms. The van der Waals surface area contributed by atoms with Gasteiger partial charge < -0.3 is 19.4 Å². The molecule has 198 valence electrons. The van der Waals surface area contributed by atoms with Crippen molar-refractivity contribution in [3.05, 3.63) is 58.6 Å². The molecule has 6 rings (SSSR count). The second-order valence-electron chi connectivity index (χ2n) is 10.0. The average Bonchev–Trinajstić information content (AvgIpc) is 3.53. The van der Waals surface area contributed by atoms with Gasteiger partial charge in [-0.25, -0.2) is 9.97 Å². The number of imidazole rings is 1. The molecule has 1 saturated carbocycles. The van der Waals surface area contributed by atoms with Crippen molar-refractivity contribution in [1.82, 2.24) is 34.7 Å². The molecule has 1 N–H and O–H groups in total. The Kier molecular flexibility index (Phi) is 7.09. The van der Waals surface area contributed by atoms with Crippen LogP contribution in [-0.2, 0) is 6.54 Å². The lowest BCUT2D eigenvalue weighted by molar-refractivity contribution is 0.191. The highest BCUT2D eigenvalue weighted by Gasteiger charge is 2.41. The predicted octanol–water partition coefficient (Wildman–Crippen LogP) is 4.46. The molecule has 3 aromatic heterocycles. The fourth-order valence-electron chi connectivity index (χ4n) is 4.58. The predicted molar refractivity (Wildman–Crippen MR) is 147 cm³/mol. The molecule has 1 saturated heterocycles. The van der Waals surface area contributed by atoms with Gasteiger partial charge in [0.05, 0.1) is 16.6 Å². The largest absolute Gasteiger partial charge is 0.492 e. The van der Waals surface area contributed by atoms with E-state index in [-0.39, 0.29) is 5.60 Å². The van der Waals surface area contributed by atoms with Crippen molar-refractivity contribution >= 4 is 34.4 Å². The summed E-state index contributed by atoms with van der Waals surface area (Å²) in [6, 6.07) is 7.59. The van der Waals surface area contributed by atoms with E-state index in [2.05, 4.69) is 32.1 Å². The first kappa shape index (κ1) is 25.3. The van der Waals surface area contributed by atoms with Crippen molar-refractivity contribution in [3.8, 4) is 23.0 Å². The SMILES string of the molecule is CC1(Oc2ncnc3c2nc(-c2ccc(OCCN4CCNCC4)cc2Cl)n3Cc2cncc(Cl)c2)CC1. The highest BCUT2D eigenvalue weighted by Crippen LogP contribution is 2.41. The number of hydrogen-bond donors (Lipinski definition) is 1. The van der Waals surface area contributed by atoms with Gasteiger partial charge in [-0.05, 0) is 49.6 Å². The van der Waals surface area contributed by atoms with Gasteiger partial charge in [0.25, 0.3) is 0 Å². The number of rotatable bonds is 9. The Morgan fingerprint density at radius 2 is 1.92 bits per heavy atom. The second kappa shape index (κ2) is 10.6. The van der Waals surface area contributed by atoms with Crippen LogP contribution in [0.2, 0.25) is 10.0 Å². The van der Waals surface area contributed by atoms with Gasteiger partial charge in [-0.15, -0.1) is 0 Å². The van der Waals surface area contributed by atoms with Crippen molar-refractivity contribution in [1.29, 1.82) is 0 Å². The maximum absolute atomic E-state index is 6.82. The summed E-state index contributed by atoms with van der Waals surface area (Å²) in [6.45, 7) is 8.12. The van der Waals surface area contributed by atoms with Crippen LogP contribution in [0.25, 0.3) is 22.6 Å². The van der Waals surface area contributed by atoms with E-state index in [0.717, 1.165) is 62.4 Å². The Balaban J connectivity index is 1.32. The Morgan fingerprint density at radius 3 is 2.68 bits per heavy atom. The lowest BCUT2D eigenvalue weighted by atomic mass is 10.2. The van der Waals surface area contributed by atoms with E-state index in [1.807, 2.05) is 28.8 Å². The number of piperazine rings is 1. The number of aromatic nitrogens is 5. The number of hydrogen-bond acceptors (Lipinski definition) is 8. The first-order chi connectivity index (χ1) is 18.5. The molecule has 2 fully saturated rings. The van der Waals surface area contributed by atoms with Crippen LogP contribution < -0.4 is 14.8 Å². The minimum absolute atomic E-state index is 0.205. The van der Waals surface area contributed by atoms with Crippen LogP contribution in [0.4, 0.5) is 0 Å². The molecule has 2 aliphatic rings. The van der Waals surface area contributed by atoms with E-state index >= 15 is 0 Å². The van der Waals surface area contributed by atoms with Crippen molar-refractivity contribution in [2.75, 3.05) is 39.3 Å². The lowest BCUT2D eigenvalue weighted by Crippen LogP contribution is -2.44. The zero-order valence-electron chi connectivity index (χ0n) is 21.2. The van der Waals surface area contributed by atoms with Gasteiger partial charge in [0.2, 0.25) is 5.88 Å². The lowest BCUT2D eigenvalue weighted by Gasteiger charge is -2.26. The van der Waals surface area contributed by atoms with Crippen molar-refractivity contribution in [2.45, 2.75) is 31.9 Å². The summed E-state index contributed by atoms with van der Waals surface area (Å²) < 4.78 is 14.2. The summed E-state index contributed by atoms with van der Waals surface area (Å²) >= 11 is 13.0. The number of nitrogens with one attached hydrogen (secondary N) is 1. The number of benzene rings is 1. The van der Waals surface area contributed by atoms with E-state index in [1.54, 1.807) is 12.4 Å². The number of pyridine rings is 1. The fourth-order valence-corrected chi connectivity index (χ4v) is 5.03. The molecule has 0 amide bonds. The maximum Gasteiger partial charge on any atom is 0.245 e. The monoisotopic (exact) mass is 553 g/mol. The highest BCUT2D eigenvalue weighted by molar-refractivity contribution is 6.33. The minimum atomic E-state index is -0.205. The molecule has 4 aromatic rings. The quantitative estimate of drug-likeness (QED) is 0.325. The minimum Gasteiger partial charge on any atom is -0.492 e. The van der Waals surface area contributed by atoms with Gasteiger partial charge >= 0.3 is 0 Å². The van der Waals surface area contributed by atoms with Gasteiger partial charge in [-0.2, -0.15) is 4.98 Å². The van der Waals surface area contributed by atoms with E-state index < -0.39 is 0 Å². The van der Waals surface area contributed by atoms with Gasteiger partial charge in [0.1, 0.15) is 30.1 Å². The van der Waals surface area contributed by atoms with Crippen molar-refractivity contribution in [3.63, 3.8) is 0 Å². The molecular formula is C27H29Cl2N7O2. The van der Waals surface area contributed by atoms with Crippen LogP contribution in [0.5, 0.6) is 11.6 Å². The van der Waals surface area contributed by atoms with Gasteiger partial charge in [-0.3, -0.25) is 9.88 Å². The average molecular weight is 554 g/mol. The third kappa shape index (κ3) is 5.56. The summed E-state index contributed by atoms with van der Waals surface area (Å²) in [7, 11) is 0. The van der Waals surface area contributed by atoms with Crippen molar-refractivity contribution in [2.24, 2.45) is 0 Å². The molecule has 0 bridgehead atoms. The molecule has 0 unspecified atom stereocenters. The van der Waals surface area contributed by atoms with E-state index in [9.17, 15) is 0 Å². The summed E-state index contributed by atoms with van der Waals surface area (Å²) in [5.41, 5.74) is 2.72. The summed E-state index contributed by atoms with van der Waals surface area (Å²) in [5.74, 6) is 1.85.